The first-order valence-electron chi connectivity index (χ1n) is 3.78. The highest BCUT2D eigenvalue weighted by Gasteiger charge is 2.12. The van der Waals surface area contributed by atoms with Crippen molar-refractivity contribution in [3.63, 3.8) is 0 Å². The van der Waals surface area contributed by atoms with E-state index in [4.69, 9.17) is 15.3 Å². The Bertz CT molecular complexity index is 220. The van der Waals surface area contributed by atoms with Gasteiger partial charge in [-0.2, -0.15) is 0 Å². The van der Waals surface area contributed by atoms with E-state index in [0.717, 1.165) is 5.56 Å². The Kier molecular flexibility index (Phi) is 3.22. The van der Waals surface area contributed by atoms with E-state index in [1.807, 2.05) is 30.3 Å². The first-order valence-corrected chi connectivity index (χ1v) is 3.78. The van der Waals surface area contributed by atoms with Crippen LogP contribution in [-0.4, -0.2) is 27.7 Å². The molecule has 1 rings (SSSR count). The topological polar surface area (TPSA) is 60.7 Å². The number of aliphatic hydroxyl groups is 3. The Hall–Kier alpha value is -0.900. The minimum Gasteiger partial charge on any atom is -0.387 e. The summed E-state index contributed by atoms with van der Waals surface area (Å²) in [4.78, 5) is 0. The van der Waals surface area contributed by atoms with Gasteiger partial charge in [0.15, 0.2) is 6.29 Å². The van der Waals surface area contributed by atoms with Gasteiger partial charge >= 0.3 is 0 Å². The summed E-state index contributed by atoms with van der Waals surface area (Å²) in [5.41, 5.74) is 0.887. The average Bonchev–Trinajstić information content (AvgIpc) is 2.06. The van der Waals surface area contributed by atoms with Gasteiger partial charge in [-0.15, -0.1) is 0 Å². The van der Waals surface area contributed by atoms with E-state index in [9.17, 15) is 0 Å². The highest BCUT2D eigenvalue weighted by Crippen LogP contribution is 2.04. The van der Waals surface area contributed by atoms with Crippen LogP contribution in [0.2, 0.25) is 0 Å². The van der Waals surface area contributed by atoms with E-state index < -0.39 is 12.4 Å². The van der Waals surface area contributed by atoms with Gasteiger partial charge in [-0.3, -0.25) is 0 Å². The maximum Gasteiger partial charge on any atom is 0.178 e. The molecule has 12 heavy (non-hydrogen) atoms. The molecule has 0 aromatic heterocycles. The van der Waals surface area contributed by atoms with Gasteiger partial charge in [0.25, 0.3) is 0 Å². The molecule has 0 aliphatic rings. The predicted molar refractivity (Wildman–Crippen MR) is 44.4 cm³/mol. The highest BCUT2D eigenvalue weighted by atomic mass is 16.5. The molecule has 1 aromatic rings. The van der Waals surface area contributed by atoms with Crippen LogP contribution in [0.3, 0.4) is 0 Å². The van der Waals surface area contributed by atoms with Crippen LogP contribution < -0.4 is 0 Å². The molecule has 0 bridgehead atoms. The Morgan fingerprint density at radius 3 is 2.08 bits per heavy atom. The van der Waals surface area contributed by atoms with Crippen molar-refractivity contribution in [3.05, 3.63) is 35.9 Å². The Balaban J connectivity index is 2.53. The number of rotatable bonds is 3. The summed E-state index contributed by atoms with van der Waals surface area (Å²) in [7, 11) is 0. The molecule has 0 spiro atoms. The molecule has 0 aliphatic carbocycles. The van der Waals surface area contributed by atoms with E-state index >= 15 is 0 Å². The van der Waals surface area contributed by atoms with Crippen LogP contribution in [0.25, 0.3) is 0 Å². The van der Waals surface area contributed by atoms with E-state index in [1.54, 1.807) is 0 Å². The van der Waals surface area contributed by atoms with Crippen molar-refractivity contribution in [2.75, 3.05) is 0 Å². The smallest absolute Gasteiger partial charge is 0.178 e. The summed E-state index contributed by atoms with van der Waals surface area (Å²) < 4.78 is 0. The van der Waals surface area contributed by atoms with Crippen LogP contribution in [0, 0.1) is 0 Å². The third kappa shape index (κ3) is 2.62. The first kappa shape index (κ1) is 9.19. The molecule has 1 atom stereocenters. The third-order valence-corrected chi connectivity index (χ3v) is 1.63. The van der Waals surface area contributed by atoms with E-state index in [1.165, 1.54) is 0 Å². The zero-order chi connectivity index (χ0) is 8.97. The fourth-order valence-corrected chi connectivity index (χ4v) is 0.961. The van der Waals surface area contributed by atoms with Crippen LogP contribution >= 0.6 is 0 Å². The van der Waals surface area contributed by atoms with Crippen molar-refractivity contribution in [1.82, 2.24) is 0 Å². The SMILES string of the molecule is OC(O)[C@@H](O)Cc1ccccc1. The number of hydrogen-bond acceptors (Lipinski definition) is 3. The molecule has 0 aliphatic heterocycles. The Morgan fingerprint density at radius 2 is 1.58 bits per heavy atom. The molecule has 0 amide bonds. The molecule has 0 heterocycles. The van der Waals surface area contributed by atoms with Gasteiger partial charge in [-0.25, -0.2) is 0 Å². The molecule has 3 N–H and O–H groups in total. The monoisotopic (exact) mass is 168 g/mol. The number of hydrogen-bond donors (Lipinski definition) is 3. The van der Waals surface area contributed by atoms with Crippen molar-refractivity contribution >= 4 is 0 Å². The lowest BCUT2D eigenvalue weighted by molar-refractivity contribution is -0.120. The molecule has 66 valence electrons. The Morgan fingerprint density at radius 1 is 1.00 bits per heavy atom. The minimum atomic E-state index is -1.66. The summed E-state index contributed by atoms with van der Waals surface area (Å²) in [5, 5.41) is 26.3. The van der Waals surface area contributed by atoms with Gasteiger partial charge in [0.2, 0.25) is 0 Å². The molecule has 1 aromatic carbocycles. The summed E-state index contributed by atoms with van der Waals surface area (Å²) in [6.45, 7) is 0. The minimum absolute atomic E-state index is 0.262. The zero-order valence-electron chi connectivity index (χ0n) is 6.59. The number of aliphatic hydroxyl groups excluding tert-OH is 2. The van der Waals surface area contributed by atoms with Crippen molar-refractivity contribution < 1.29 is 15.3 Å². The van der Waals surface area contributed by atoms with E-state index in [2.05, 4.69) is 0 Å². The molecular weight excluding hydrogens is 156 g/mol. The third-order valence-electron chi connectivity index (χ3n) is 1.63. The molecule has 0 saturated carbocycles. The quantitative estimate of drug-likeness (QED) is 0.552. The lowest BCUT2D eigenvalue weighted by Gasteiger charge is -2.11. The van der Waals surface area contributed by atoms with Gasteiger partial charge in [0.05, 0.1) is 0 Å². The number of benzene rings is 1. The second-order valence-electron chi connectivity index (χ2n) is 2.67. The van der Waals surface area contributed by atoms with Crippen molar-refractivity contribution in [2.45, 2.75) is 18.8 Å². The molecule has 0 unspecified atom stereocenters. The van der Waals surface area contributed by atoms with Gasteiger partial charge < -0.3 is 15.3 Å². The van der Waals surface area contributed by atoms with Crippen LogP contribution in [0.15, 0.2) is 30.3 Å². The normalized spacial score (nSPS) is 13.3. The highest BCUT2D eigenvalue weighted by molar-refractivity contribution is 5.15. The summed E-state index contributed by atoms with van der Waals surface area (Å²) in [6.07, 6.45) is -2.50. The van der Waals surface area contributed by atoms with Crippen LogP contribution in [-0.2, 0) is 6.42 Å². The fourth-order valence-electron chi connectivity index (χ4n) is 0.961. The molecule has 0 saturated heterocycles. The van der Waals surface area contributed by atoms with E-state index in [0.29, 0.717) is 0 Å². The first-order chi connectivity index (χ1) is 5.70. The second kappa shape index (κ2) is 4.21. The van der Waals surface area contributed by atoms with E-state index in [-0.39, 0.29) is 6.42 Å². The molecule has 0 fully saturated rings. The van der Waals surface area contributed by atoms with Gasteiger partial charge in [-0.05, 0) is 5.56 Å². The molecule has 3 heteroatoms. The molecule has 3 nitrogen and oxygen atoms in total. The van der Waals surface area contributed by atoms with Crippen LogP contribution in [0.4, 0.5) is 0 Å². The maximum atomic E-state index is 9.08. The lowest BCUT2D eigenvalue weighted by atomic mass is 10.1. The average molecular weight is 168 g/mol. The maximum absolute atomic E-state index is 9.08. The lowest BCUT2D eigenvalue weighted by Crippen LogP contribution is -2.27. The van der Waals surface area contributed by atoms with Crippen molar-refractivity contribution in [2.24, 2.45) is 0 Å². The predicted octanol–water partition coefficient (Wildman–Crippen LogP) is -0.0993. The van der Waals surface area contributed by atoms with Crippen LogP contribution in [0.1, 0.15) is 5.56 Å². The van der Waals surface area contributed by atoms with Crippen LogP contribution in [0.5, 0.6) is 0 Å². The second-order valence-corrected chi connectivity index (χ2v) is 2.67. The van der Waals surface area contributed by atoms with Gasteiger partial charge in [0.1, 0.15) is 6.10 Å². The zero-order valence-corrected chi connectivity index (χ0v) is 6.59. The van der Waals surface area contributed by atoms with Crippen molar-refractivity contribution in [3.8, 4) is 0 Å². The summed E-state index contributed by atoms with van der Waals surface area (Å²) in [6, 6.07) is 9.19. The standard InChI is InChI=1S/C9H12O3/c10-8(9(11)12)6-7-4-2-1-3-5-7/h1-5,8-12H,6H2/t8-/m0/s1. The fraction of sp³-hybridized carbons (Fsp3) is 0.333. The summed E-state index contributed by atoms with van der Waals surface area (Å²) in [5.74, 6) is 0. The summed E-state index contributed by atoms with van der Waals surface area (Å²) >= 11 is 0. The molecule has 0 radical (unpaired) electrons. The van der Waals surface area contributed by atoms with Gasteiger partial charge in [0, 0.05) is 6.42 Å². The largest absolute Gasteiger partial charge is 0.387 e. The molecular formula is C9H12O3. The van der Waals surface area contributed by atoms with Gasteiger partial charge in [-0.1, -0.05) is 30.3 Å². The Labute approximate surface area is 70.9 Å². The van der Waals surface area contributed by atoms with Crippen molar-refractivity contribution in [1.29, 1.82) is 0 Å².